The van der Waals surface area contributed by atoms with Crippen molar-refractivity contribution >= 4 is 27.5 Å². The molecule has 1 aliphatic carbocycles. The third-order valence-electron chi connectivity index (χ3n) is 4.37. The monoisotopic (exact) mass is 343 g/mol. The van der Waals surface area contributed by atoms with Crippen molar-refractivity contribution in [3.8, 4) is 0 Å². The van der Waals surface area contributed by atoms with Crippen LogP contribution in [0.1, 0.15) is 36.9 Å². The van der Waals surface area contributed by atoms with Gasteiger partial charge in [-0.3, -0.25) is 4.90 Å². The van der Waals surface area contributed by atoms with E-state index < -0.39 is 0 Å². The van der Waals surface area contributed by atoms with Crippen molar-refractivity contribution < 1.29 is 5.11 Å². The van der Waals surface area contributed by atoms with Gasteiger partial charge >= 0.3 is 0 Å². The molecule has 1 aliphatic heterocycles. The molecule has 0 aromatic heterocycles. The highest BCUT2D eigenvalue weighted by molar-refractivity contribution is 9.10. The fraction of sp³-hybridized carbons (Fsp3) is 0.600. The van der Waals surface area contributed by atoms with E-state index >= 15 is 0 Å². The second kappa shape index (κ2) is 5.36. The van der Waals surface area contributed by atoms with Crippen LogP contribution >= 0.6 is 27.5 Å². The lowest BCUT2D eigenvalue weighted by molar-refractivity contribution is 0.0371. The molecule has 1 saturated heterocycles. The quantitative estimate of drug-likeness (QED) is 0.838. The second-order valence-corrected chi connectivity index (χ2v) is 7.20. The van der Waals surface area contributed by atoms with Crippen molar-refractivity contribution in [1.29, 1.82) is 0 Å². The fourth-order valence-corrected chi connectivity index (χ4v) is 4.54. The molecule has 4 heteroatoms. The molecule has 1 N–H and O–H groups in total. The minimum Gasteiger partial charge on any atom is -0.391 e. The number of aliphatic hydroxyl groups excluding tert-OH is 1. The van der Waals surface area contributed by atoms with Crippen LogP contribution in [0.3, 0.4) is 0 Å². The van der Waals surface area contributed by atoms with Crippen LogP contribution in [0.4, 0.5) is 0 Å². The van der Waals surface area contributed by atoms with Gasteiger partial charge in [-0.1, -0.05) is 34.5 Å². The van der Waals surface area contributed by atoms with Crippen molar-refractivity contribution in [2.45, 2.75) is 38.3 Å². The second-order valence-electron chi connectivity index (χ2n) is 5.91. The summed E-state index contributed by atoms with van der Waals surface area (Å²) in [7, 11) is 0. The lowest BCUT2D eigenvalue weighted by Gasteiger charge is -2.37. The van der Waals surface area contributed by atoms with Gasteiger partial charge in [-0.2, -0.15) is 0 Å². The van der Waals surface area contributed by atoms with Gasteiger partial charge in [0.1, 0.15) is 0 Å². The molecular formula is C15H19BrClNO. The van der Waals surface area contributed by atoms with Gasteiger partial charge < -0.3 is 5.11 Å². The fourth-order valence-electron chi connectivity index (χ4n) is 3.55. The molecule has 0 saturated carbocycles. The van der Waals surface area contributed by atoms with E-state index in [1.54, 1.807) is 0 Å². The molecule has 3 atom stereocenters. The topological polar surface area (TPSA) is 23.5 Å². The Hall–Kier alpha value is -0.0900. The van der Waals surface area contributed by atoms with Gasteiger partial charge in [-0.05, 0) is 48.6 Å². The maximum absolute atomic E-state index is 10.5. The third-order valence-corrected chi connectivity index (χ3v) is 5.30. The number of likely N-dealkylation sites (tertiary alicyclic amines) is 1. The van der Waals surface area contributed by atoms with Gasteiger partial charge in [-0.25, -0.2) is 0 Å². The zero-order chi connectivity index (χ0) is 13.6. The van der Waals surface area contributed by atoms with Crippen molar-refractivity contribution in [1.82, 2.24) is 4.90 Å². The summed E-state index contributed by atoms with van der Waals surface area (Å²) in [5.74, 6) is 0.715. The molecular weight excluding hydrogens is 326 g/mol. The lowest BCUT2D eigenvalue weighted by Crippen LogP contribution is -2.40. The normalized spacial score (nSPS) is 31.5. The number of fused-ring (bicyclic) bond motifs is 1. The van der Waals surface area contributed by atoms with Crippen LogP contribution in [-0.2, 0) is 6.42 Å². The first-order valence-electron chi connectivity index (χ1n) is 6.96. The molecule has 0 spiro atoms. The summed E-state index contributed by atoms with van der Waals surface area (Å²) in [6, 6.07) is 4.07. The first kappa shape index (κ1) is 13.9. The van der Waals surface area contributed by atoms with Gasteiger partial charge in [0.25, 0.3) is 0 Å². The molecule has 1 aromatic carbocycles. The van der Waals surface area contributed by atoms with Gasteiger partial charge in [0.2, 0.25) is 0 Å². The van der Waals surface area contributed by atoms with E-state index in [1.807, 2.05) is 12.1 Å². The molecule has 2 nitrogen and oxygen atoms in total. The maximum Gasteiger partial charge on any atom is 0.0777 e. The van der Waals surface area contributed by atoms with Gasteiger partial charge in [0.15, 0.2) is 0 Å². The highest BCUT2D eigenvalue weighted by Gasteiger charge is 2.38. The summed E-state index contributed by atoms with van der Waals surface area (Å²) in [4.78, 5) is 2.44. The Kier molecular flexibility index (Phi) is 3.91. The predicted octanol–water partition coefficient (Wildman–Crippen LogP) is 3.79. The Balaban J connectivity index is 1.95. The molecule has 104 valence electrons. The Bertz CT molecular complexity index is 493. The van der Waals surface area contributed by atoms with Crippen molar-refractivity contribution in [2.24, 2.45) is 5.92 Å². The molecule has 1 heterocycles. The zero-order valence-corrected chi connectivity index (χ0v) is 13.4. The van der Waals surface area contributed by atoms with Crippen LogP contribution < -0.4 is 0 Å². The standard InChI is InChI=1S/C15H19BrClNO/c1-9-3-2-4-18(8-9)15-12-5-10(17)6-13(16)11(12)7-14(15)19/h5-6,9,14-15,19H,2-4,7-8H2,1H3/t9-,14+,15+/m0/s1. The Morgan fingerprint density at radius 1 is 1.42 bits per heavy atom. The third kappa shape index (κ3) is 2.58. The number of aliphatic hydroxyl groups is 1. The molecule has 1 aromatic rings. The van der Waals surface area contributed by atoms with E-state index in [-0.39, 0.29) is 12.1 Å². The van der Waals surface area contributed by atoms with Gasteiger partial charge in [0, 0.05) is 22.5 Å². The number of halogens is 2. The van der Waals surface area contributed by atoms with Crippen LogP contribution in [-0.4, -0.2) is 29.2 Å². The number of hydrogen-bond donors (Lipinski definition) is 1. The summed E-state index contributed by atoms with van der Waals surface area (Å²) in [5.41, 5.74) is 2.43. The Morgan fingerprint density at radius 2 is 2.21 bits per heavy atom. The minimum atomic E-state index is -0.310. The molecule has 0 amide bonds. The predicted molar refractivity (Wildman–Crippen MR) is 81.6 cm³/mol. The van der Waals surface area contributed by atoms with Crippen molar-refractivity contribution in [3.05, 3.63) is 32.8 Å². The van der Waals surface area contributed by atoms with Crippen LogP contribution in [0.15, 0.2) is 16.6 Å². The molecule has 0 radical (unpaired) electrons. The zero-order valence-electron chi connectivity index (χ0n) is 11.1. The number of nitrogens with zero attached hydrogens (tertiary/aromatic N) is 1. The first-order chi connectivity index (χ1) is 9.06. The van der Waals surface area contributed by atoms with Crippen LogP contribution in [0.25, 0.3) is 0 Å². The van der Waals surface area contributed by atoms with Crippen molar-refractivity contribution in [2.75, 3.05) is 13.1 Å². The average Bonchev–Trinajstić information content (AvgIpc) is 2.66. The summed E-state index contributed by atoms with van der Waals surface area (Å²) >= 11 is 9.75. The summed E-state index contributed by atoms with van der Waals surface area (Å²) in [5, 5.41) is 11.2. The van der Waals surface area contributed by atoms with E-state index in [4.69, 9.17) is 11.6 Å². The van der Waals surface area contributed by atoms with Crippen LogP contribution in [0, 0.1) is 5.92 Å². The van der Waals surface area contributed by atoms with E-state index in [2.05, 4.69) is 27.8 Å². The van der Waals surface area contributed by atoms with Crippen LogP contribution in [0.5, 0.6) is 0 Å². The lowest BCUT2D eigenvalue weighted by atomic mass is 9.96. The number of piperidine rings is 1. The number of benzene rings is 1. The summed E-state index contributed by atoms with van der Waals surface area (Å²) in [6.45, 7) is 4.45. The summed E-state index contributed by atoms with van der Waals surface area (Å²) < 4.78 is 1.03. The summed E-state index contributed by atoms with van der Waals surface area (Å²) in [6.07, 6.45) is 2.94. The average molecular weight is 345 g/mol. The first-order valence-corrected chi connectivity index (χ1v) is 8.13. The van der Waals surface area contributed by atoms with Crippen LogP contribution in [0.2, 0.25) is 5.02 Å². The Labute approximate surface area is 127 Å². The van der Waals surface area contributed by atoms with E-state index in [1.165, 1.54) is 24.0 Å². The number of hydrogen-bond acceptors (Lipinski definition) is 2. The molecule has 0 unspecified atom stereocenters. The minimum absolute atomic E-state index is 0.118. The van der Waals surface area contributed by atoms with E-state index in [0.29, 0.717) is 5.92 Å². The van der Waals surface area contributed by atoms with Gasteiger partial charge in [-0.15, -0.1) is 0 Å². The van der Waals surface area contributed by atoms with E-state index in [9.17, 15) is 5.11 Å². The molecule has 0 bridgehead atoms. The SMILES string of the molecule is C[C@H]1CCCN([C@@H]2c3cc(Cl)cc(Br)c3C[C@H]2O)C1. The highest BCUT2D eigenvalue weighted by atomic mass is 79.9. The maximum atomic E-state index is 10.5. The smallest absolute Gasteiger partial charge is 0.0777 e. The molecule has 2 aliphatic rings. The largest absolute Gasteiger partial charge is 0.391 e. The van der Waals surface area contributed by atoms with Gasteiger partial charge in [0.05, 0.1) is 12.1 Å². The Morgan fingerprint density at radius 3 is 2.95 bits per heavy atom. The number of rotatable bonds is 1. The molecule has 1 fully saturated rings. The molecule has 19 heavy (non-hydrogen) atoms. The van der Waals surface area contributed by atoms with E-state index in [0.717, 1.165) is 29.0 Å². The molecule has 3 rings (SSSR count). The van der Waals surface area contributed by atoms with Crippen molar-refractivity contribution in [3.63, 3.8) is 0 Å². The highest BCUT2D eigenvalue weighted by Crippen LogP contribution is 2.42.